The standard InChI is InChI=1S/C20H17NO4/c1-24-17-8-4-3-7-15(17)16(22)11-10-14-12-13-6-5-9-18(25-2)19(13)21-20(14)23/h3-12H,1-2H3,(H,21,23)/b11-10+. The summed E-state index contributed by atoms with van der Waals surface area (Å²) in [5.41, 5.74) is 1.17. The van der Waals surface area contributed by atoms with Crippen molar-refractivity contribution in [2.24, 2.45) is 0 Å². The van der Waals surface area contributed by atoms with Gasteiger partial charge in [-0.05, 0) is 36.4 Å². The lowest BCUT2D eigenvalue weighted by molar-refractivity contribution is 0.104. The molecule has 0 unspecified atom stereocenters. The maximum absolute atomic E-state index is 12.4. The molecule has 1 heterocycles. The molecule has 0 spiro atoms. The van der Waals surface area contributed by atoms with Gasteiger partial charge in [0.15, 0.2) is 5.78 Å². The Morgan fingerprint density at radius 1 is 1.00 bits per heavy atom. The van der Waals surface area contributed by atoms with Gasteiger partial charge in [0.1, 0.15) is 11.5 Å². The third-order valence-electron chi connectivity index (χ3n) is 3.88. The predicted molar refractivity (Wildman–Crippen MR) is 97.5 cm³/mol. The molecule has 0 saturated heterocycles. The van der Waals surface area contributed by atoms with E-state index in [1.54, 1.807) is 43.5 Å². The molecule has 1 N–H and O–H groups in total. The van der Waals surface area contributed by atoms with E-state index in [4.69, 9.17) is 9.47 Å². The number of carbonyl (C=O) groups is 1. The van der Waals surface area contributed by atoms with Crippen LogP contribution in [-0.2, 0) is 0 Å². The maximum atomic E-state index is 12.4. The Morgan fingerprint density at radius 2 is 1.72 bits per heavy atom. The van der Waals surface area contributed by atoms with Crippen LogP contribution in [0.25, 0.3) is 17.0 Å². The molecule has 0 fully saturated rings. The summed E-state index contributed by atoms with van der Waals surface area (Å²) >= 11 is 0. The largest absolute Gasteiger partial charge is 0.496 e. The summed E-state index contributed by atoms with van der Waals surface area (Å²) < 4.78 is 10.4. The Bertz CT molecular complexity index is 1020. The number of rotatable bonds is 5. The van der Waals surface area contributed by atoms with Gasteiger partial charge in [-0.1, -0.05) is 24.3 Å². The molecule has 2 aromatic carbocycles. The first-order valence-corrected chi connectivity index (χ1v) is 7.69. The van der Waals surface area contributed by atoms with E-state index in [-0.39, 0.29) is 11.3 Å². The van der Waals surface area contributed by atoms with Crippen molar-refractivity contribution >= 4 is 22.8 Å². The Hall–Kier alpha value is -3.34. The van der Waals surface area contributed by atoms with Gasteiger partial charge in [-0.25, -0.2) is 0 Å². The van der Waals surface area contributed by atoms with E-state index < -0.39 is 0 Å². The van der Waals surface area contributed by atoms with Crippen LogP contribution in [0.1, 0.15) is 15.9 Å². The molecule has 5 heteroatoms. The van der Waals surface area contributed by atoms with Gasteiger partial charge in [0.2, 0.25) is 0 Å². The number of carbonyl (C=O) groups excluding carboxylic acids is 1. The van der Waals surface area contributed by atoms with Gasteiger partial charge in [-0.3, -0.25) is 9.59 Å². The van der Waals surface area contributed by atoms with Gasteiger partial charge in [-0.15, -0.1) is 0 Å². The zero-order valence-electron chi connectivity index (χ0n) is 13.9. The fourth-order valence-electron chi connectivity index (χ4n) is 2.62. The summed E-state index contributed by atoms with van der Waals surface area (Å²) in [5, 5.41) is 0.823. The summed E-state index contributed by atoms with van der Waals surface area (Å²) in [6.07, 6.45) is 2.88. The Labute approximate surface area is 144 Å². The Balaban J connectivity index is 1.97. The first-order valence-electron chi connectivity index (χ1n) is 7.69. The number of H-pyrrole nitrogens is 1. The molecule has 5 nitrogen and oxygen atoms in total. The lowest BCUT2D eigenvalue weighted by atomic mass is 10.1. The van der Waals surface area contributed by atoms with Crippen LogP contribution in [0.5, 0.6) is 11.5 Å². The van der Waals surface area contributed by atoms with Crippen molar-refractivity contribution in [2.75, 3.05) is 14.2 Å². The number of aromatic amines is 1. The number of hydrogen-bond donors (Lipinski definition) is 1. The summed E-state index contributed by atoms with van der Waals surface area (Å²) in [7, 11) is 3.06. The van der Waals surface area contributed by atoms with Crippen molar-refractivity contribution in [1.82, 2.24) is 4.98 Å². The molecule has 0 bridgehead atoms. The first kappa shape index (κ1) is 16.5. The number of ether oxygens (including phenoxy) is 2. The highest BCUT2D eigenvalue weighted by atomic mass is 16.5. The highest BCUT2D eigenvalue weighted by Gasteiger charge is 2.09. The van der Waals surface area contributed by atoms with Crippen molar-refractivity contribution in [3.05, 3.63) is 76.1 Å². The van der Waals surface area contributed by atoms with Gasteiger partial charge in [-0.2, -0.15) is 0 Å². The van der Waals surface area contributed by atoms with Crippen LogP contribution in [0.3, 0.4) is 0 Å². The van der Waals surface area contributed by atoms with E-state index >= 15 is 0 Å². The van der Waals surface area contributed by atoms with Crippen LogP contribution >= 0.6 is 0 Å². The number of nitrogens with one attached hydrogen (secondary N) is 1. The van der Waals surface area contributed by atoms with Crippen LogP contribution in [-0.4, -0.2) is 25.0 Å². The SMILES string of the molecule is COc1ccccc1C(=O)/C=C/c1cc2cccc(OC)c2[nH]c1=O. The van der Waals surface area contributed by atoms with Gasteiger partial charge >= 0.3 is 0 Å². The average molecular weight is 335 g/mol. The molecule has 0 aliphatic carbocycles. The second-order valence-electron chi connectivity index (χ2n) is 5.38. The van der Waals surface area contributed by atoms with E-state index in [0.717, 1.165) is 5.39 Å². The summed E-state index contributed by atoms with van der Waals surface area (Å²) in [5.74, 6) is 0.854. The molecule has 25 heavy (non-hydrogen) atoms. The van der Waals surface area contributed by atoms with Gasteiger partial charge in [0.05, 0.1) is 25.3 Å². The number of aromatic nitrogens is 1. The van der Waals surface area contributed by atoms with Gasteiger partial charge < -0.3 is 14.5 Å². The molecular weight excluding hydrogens is 318 g/mol. The lowest BCUT2D eigenvalue weighted by Gasteiger charge is -2.06. The van der Waals surface area contributed by atoms with E-state index in [1.165, 1.54) is 19.3 Å². The van der Waals surface area contributed by atoms with Crippen LogP contribution in [0, 0.1) is 0 Å². The molecule has 0 amide bonds. The topological polar surface area (TPSA) is 68.4 Å². The maximum Gasteiger partial charge on any atom is 0.255 e. The minimum Gasteiger partial charge on any atom is -0.496 e. The van der Waals surface area contributed by atoms with Gasteiger partial charge in [0, 0.05) is 10.9 Å². The highest BCUT2D eigenvalue weighted by molar-refractivity contribution is 6.08. The molecule has 0 saturated carbocycles. The summed E-state index contributed by atoms with van der Waals surface area (Å²) in [4.78, 5) is 27.4. The van der Waals surface area contributed by atoms with Crippen LogP contribution < -0.4 is 15.0 Å². The van der Waals surface area contributed by atoms with E-state index in [2.05, 4.69) is 4.98 Å². The number of methoxy groups -OCH3 is 2. The van der Waals surface area contributed by atoms with Crippen molar-refractivity contribution in [1.29, 1.82) is 0 Å². The Kier molecular flexibility index (Phi) is 4.66. The number of ketones is 1. The molecule has 3 rings (SSSR count). The van der Waals surface area contributed by atoms with E-state index in [0.29, 0.717) is 28.1 Å². The highest BCUT2D eigenvalue weighted by Crippen LogP contribution is 2.23. The normalized spacial score (nSPS) is 11.0. The number of pyridine rings is 1. The fraction of sp³-hybridized carbons (Fsp3) is 0.100. The third kappa shape index (κ3) is 3.30. The number of allylic oxidation sites excluding steroid dienone is 1. The molecular formula is C20H17NO4. The number of benzene rings is 2. The van der Waals surface area contributed by atoms with Crippen molar-refractivity contribution in [3.8, 4) is 11.5 Å². The van der Waals surface area contributed by atoms with Crippen LogP contribution in [0.4, 0.5) is 0 Å². The second kappa shape index (κ2) is 7.05. The molecule has 3 aromatic rings. The number of hydrogen-bond acceptors (Lipinski definition) is 4. The van der Waals surface area contributed by atoms with E-state index in [1.807, 2.05) is 12.1 Å². The monoisotopic (exact) mass is 335 g/mol. The lowest BCUT2D eigenvalue weighted by Crippen LogP contribution is -2.09. The third-order valence-corrected chi connectivity index (χ3v) is 3.88. The second-order valence-corrected chi connectivity index (χ2v) is 5.38. The van der Waals surface area contributed by atoms with Crippen molar-refractivity contribution in [3.63, 3.8) is 0 Å². The van der Waals surface area contributed by atoms with Crippen molar-refractivity contribution < 1.29 is 14.3 Å². The zero-order chi connectivity index (χ0) is 17.8. The van der Waals surface area contributed by atoms with Crippen LogP contribution in [0.2, 0.25) is 0 Å². The molecule has 0 atom stereocenters. The molecule has 0 aliphatic rings. The number of para-hydroxylation sites is 2. The molecule has 1 aromatic heterocycles. The molecule has 126 valence electrons. The zero-order valence-corrected chi connectivity index (χ0v) is 13.9. The predicted octanol–water partition coefficient (Wildman–Crippen LogP) is 3.44. The number of fused-ring (bicyclic) bond motifs is 1. The fourth-order valence-corrected chi connectivity index (χ4v) is 2.62. The van der Waals surface area contributed by atoms with E-state index in [9.17, 15) is 9.59 Å². The van der Waals surface area contributed by atoms with Crippen molar-refractivity contribution in [2.45, 2.75) is 0 Å². The Morgan fingerprint density at radius 3 is 2.48 bits per heavy atom. The molecule has 0 aliphatic heterocycles. The quantitative estimate of drug-likeness (QED) is 0.573. The smallest absolute Gasteiger partial charge is 0.255 e. The van der Waals surface area contributed by atoms with Crippen LogP contribution in [0.15, 0.2) is 59.4 Å². The minimum atomic E-state index is -0.291. The summed E-state index contributed by atoms with van der Waals surface area (Å²) in [6, 6.07) is 14.2. The van der Waals surface area contributed by atoms with Gasteiger partial charge in [0.25, 0.3) is 5.56 Å². The summed E-state index contributed by atoms with van der Waals surface area (Å²) in [6.45, 7) is 0. The average Bonchev–Trinajstić information content (AvgIpc) is 2.65. The molecule has 0 radical (unpaired) electrons. The first-order chi connectivity index (χ1) is 12.1. The minimum absolute atomic E-state index is 0.234.